The van der Waals surface area contributed by atoms with Crippen LogP contribution in [-0.2, 0) is 0 Å². The summed E-state index contributed by atoms with van der Waals surface area (Å²) < 4.78 is 1.17. The lowest BCUT2D eigenvalue weighted by atomic mass is 10.1. The van der Waals surface area contributed by atoms with Gasteiger partial charge in [0.2, 0.25) is 0 Å². The molecule has 1 aliphatic rings. The van der Waals surface area contributed by atoms with E-state index in [0.29, 0.717) is 23.9 Å². The van der Waals surface area contributed by atoms with E-state index in [9.17, 15) is 0 Å². The summed E-state index contributed by atoms with van der Waals surface area (Å²) in [5.41, 5.74) is 6.00. The maximum Gasteiger partial charge on any atom is 0.0567 e. The molecule has 0 aliphatic carbocycles. The van der Waals surface area contributed by atoms with E-state index in [2.05, 4.69) is 57.9 Å². The number of halogens is 1. The number of thiophene rings is 1. The molecular formula is C12H19BrN2S2. The Bertz CT molecular complexity index is 369. The van der Waals surface area contributed by atoms with Crippen LogP contribution in [0.4, 0.5) is 0 Å². The molecule has 3 unspecified atom stereocenters. The second kappa shape index (κ2) is 6.06. The summed E-state index contributed by atoms with van der Waals surface area (Å²) in [5.74, 6) is 1.22. The van der Waals surface area contributed by atoms with Crippen molar-refractivity contribution in [2.24, 2.45) is 5.73 Å². The maximum atomic E-state index is 6.00. The molecule has 0 radical (unpaired) electrons. The first kappa shape index (κ1) is 13.9. The third kappa shape index (κ3) is 3.07. The lowest BCUT2D eigenvalue weighted by molar-refractivity contribution is 0.153. The third-order valence-electron chi connectivity index (χ3n) is 3.47. The Hall–Kier alpha value is 0.450. The van der Waals surface area contributed by atoms with Crippen LogP contribution in [-0.4, -0.2) is 35.0 Å². The van der Waals surface area contributed by atoms with Gasteiger partial charge in [-0.3, -0.25) is 4.90 Å². The topological polar surface area (TPSA) is 29.3 Å². The Labute approximate surface area is 120 Å². The third-order valence-corrected chi connectivity index (χ3v) is 6.61. The highest BCUT2D eigenvalue weighted by molar-refractivity contribution is 9.10. The number of thioether (sulfide) groups is 1. The molecule has 2 N–H and O–H groups in total. The van der Waals surface area contributed by atoms with Gasteiger partial charge in [0.1, 0.15) is 0 Å². The molecule has 0 bridgehead atoms. The second-order valence-electron chi connectivity index (χ2n) is 4.47. The number of rotatable bonds is 3. The summed E-state index contributed by atoms with van der Waals surface area (Å²) in [5, 5.41) is 2.84. The fraction of sp³-hybridized carbons (Fsp3) is 0.667. The highest BCUT2D eigenvalue weighted by atomic mass is 79.9. The van der Waals surface area contributed by atoms with Crippen LogP contribution in [0.2, 0.25) is 0 Å². The molecule has 1 aliphatic heterocycles. The van der Waals surface area contributed by atoms with Crippen molar-refractivity contribution in [2.75, 3.05) is 18.8 Å². The van der Waals surface area contributed by atoms with Gasteiger partial charge < -0.3 is 5.73 Å². The quantitative estimate of drug-likeness (QED) is 0.919. The molecule has 1 aromatic heterocycles. The fourth-order valence-corrected chi connectivity index (χ4v) is 5.02. The van der Waals surface area contributed by atoms with Crippen molar-refractivity contribution in [3.8, 4) is 0 Å². The molecule has 2 rings (SSSR count). The van der Waals surface area contributed by atoms with Crippen molar-refractivity contribution in [2.45, 2.75) is 31.2 Å². The van der Waals surface area contributed by atoms with Gasteiger partial charge in [0.15, 0.2) is 0 Å². The minimum Gasteiger partial charge on any atom is -0.329 e. The van der Waals surface area contributed by atoms with E-state index in [-0.39, 0.29) is 0 Å². The first-order valence-electron chi connectivity index (χ1n) is 5.95. The summed E-state index contributed by atoms with van der Waals surface area (Å²) >= 11 is 7.40. The van der Waals surface area contributed by atoms with Crippen molar-refractivity contribution >= 4 is 39.0 Å². The van der Waals surface area contributed by atoms with Gasteiger partial charge in [-0.25, -0.2) is 0 Å². The molecule has 96 valence electrons. The minimum absolute atomic E-state index is 0.379. The van der Waals surface area contributed by atoms with E-state index >= 15 is 0 Å². The SMILES string of the molecule is CC1SCCN(C(CN)c2cc(Br)cs2)C1C. The summed E-state index contributed by atoms with van der Waals surface area (Å²) in [6, 6.07) is 3.19. The Morgan fingerprint density at radius 3 is 2.94 bits per heavy atom. The van der Waals surface area contributed by atoms with E-state index in [1.807, 2.05) is 0 Å². The van der Waals surface area contributed by atoms with Crippen LogP contribution in [0.5, 0.6) is 0 Å². The van der Waals surface area contributed by atoms with Crippen molar-refractivity contribution in [3.63, 3.8) is 0 Å². The molecule has 0 spiro atoms. The first-order chi connectivity index (χ1) is 8.13. The normalized spacial score (nSPS) is 28.2. The van der Waals surface area contributed by atoms with Crippen molar-refractivity contribution < 1.29 is 0 Å². The summed E-state index contributed by atoms with van der Waals surface area (Å²) in [7, 11) is 0. The highest BCUT2D eigenvalue weighted by Crippen LogP contribution is 2.34. The van der Waals surface area contributed by atoms with Gasteiger partial charge in [0.05, 0.1) is 6.04 Å². The average molecular weight is 335 g/mol. The molecule has 3 atom stereocenters. The van der Waals surface area contributed by atoms with Crippen molar-refractivity contribution in [1.82, 2.24) is 4.90 Å². The number of nitrogens with two attached hydrogens (primary N) is 1. The van der Waals surface area contributed by atoms with Gasteiger partial charge in [0.25, 0.3) is 0 Å². The van der Waals surface area contributed by atoms with Gasteiger partial charge in [-0.2, -0.15) is 11.8 Å². The maximum absolute atomic E-state index is 6.00. The van der Waals surface area contributed by atoms with Crippen molar-refractivity contribution in [1.29, 1.82) is 0 Å². The Balaban J connectivity index is 2.17. The van der Waals surface area contributed by atoms with Gasteiger partial charge in [-0.1, -0.05) is 6.92 Å². The van der Waals surface area contributed by atoms with E-state index < -0.39 is 0 Å². The van der Waals surface area contributed by atoms with Crippen LogP contribution in [0.15, 0.2) is 15.9 Å². The van der Waals surface area contributed by atoms with E-state index in [0.717, 1.165) is 6.54 Å². The smallest absolute Gasteiger partial charge is 0.0567 e. The van der Waals surface area contributed by atoms with Crippen LogP contribution in [0, 0.1) is 0 Å². The number of hydrogen-bond donors (Lipinski definition) is 1. The predicted molar refractivity (Wildman–Crippen MR) is 81.9 cm³/mol. The lowest BCUT2D eigenvalue weighted by Gasteiger charge is -2.41. The fourth-order valence-electron chi connectivity index (χ4n) is 2.31. The Kier molecular flexibility index (Phi) is 4.95. The molecule has 2 heterocycles. The Morgan fingerprint density at radius 2 is 2.35 bits per heavy atom. The molecule has 0 amide bonds. The van der Waals surface area contributed by atoms with Crippen molar-refractivity contribution in [3.05, 3.63) is 20.8 Å². The minimum atomic E-state index is 0.379. The van der Waals surface area contributed by atoms with Crippen LogP contribution in [0.1, 0.15) is 24.8 Å². The molecule has 2 nitrogen and oxygen atoms in total. The van der Waals surface area contributed by atoms with Gasteiger partial charge in [-0.05, 0) is 28.9 Å². The van der Waals surface area contributed by atoms with Crippen LogP contribution < -0.4 is 5.73 Å². The average Bonchev–Trinajstić information content (AvgIpc) is 2.72. The standard InChI is InChI=1S/C12H19BrN2S2/c1-8-9(2)16-4-3-15(8)11(6-14)12-5-10(13)7-17-12/h5,7-9,11H,3-4,6,14H2,1-2H3. The summed E-state index contributed by atoms with van der Waals surface area (Å²) in [4.78, 5) is 3.95. The number of nitrogens with zero attached hydrogens (tertiary/aromatic N) is 1. The zero-order valence-corrected chi connectivity index (χ0v) is 13.4. The largest absolute Gasteiger partial charge is 0.329 e. The molecule has 1 fully saturated rings. The first-order valence-corrected chi connectivity index (χ1v) is 8.67. The van der Waals surface area contributed by atoms with Gasteiger partial charge >= 0.3 is 0 Å². The lowest BCUT2D eigenvalue weighted by Crippen LogP contribution is -2.48. The molecule has 0 aromatic carbocycles. The van der Waals surface area contributed by atoms with Gasteiger partial charge in [-0.15, -0.1) is 11.3 Å². The number of hydrogen-bond acceptors (Lipinski definition) is 4. The van der Waals surface area contributed by atoms with Crippen LogP contribution in [0.3, 0.4) is 0 Å². The molecule has 17 heavy (non-hydrogen) atoms. The zero-order chi connectivity index (χ0) is 12.4. The summed E-state index contributed by atoms with van der Waals surface area (Å²) in [6.07, 6.45) is 0. The van der Waals surface area contributed by atoms with E-state index in [4.69, 9.17) is 5.73 Å². The molecule has 1 aromatic rings. The molecule has 5 heteroatoms. The van der Waals surface area contributed by atoms with Crippen LogP contribution in [0.25, 0.3) is 0 Å². The zero-order valence-electron chi connectivity index (χ0n) is 10.2. The van der Waals surface area contributed by atoms with Gasteiger partial charge in [0, 0.05) is 44.9 Å². The Morgan fingerprint density at radius 1 is 1.59 bits per heavy atom. The highest BCUT2D eigenvalue weighted by Gasteiger charge is 2.31. The summed E-state index contributed by atoms with van der Waals surface area (Å²) in [6.45, 7) is 6.49. The van der Waals surface area contributed by atoms with E-state index in [1.165, 1.54) is 15.1 Å². The van der Waals surface area contributed by atoms with E-state index in [1.54, 1.807) is 11.3 Å². The second-order valence-corrected chi connectivity index (χ2v) is 7.82. The predicted octanol–water partition coefficient (Wildman–Crippen LogP) is 3.34. The van der Waals surface area contributed by atoms with Crippen LogP contribution >= 0.6 is 39.0 Å². The monoisotopic (exact) mass is 334 g/mol. The molecule has 1 saturated heterocycles. The molecule has 0 saturated carbocycles. The molecular weight excluding hydrogens is 316 g/mol.